The summed E-state index contributed by atoms with van der Waals surface area (Å²) in [7, 11) is 0. The molecule has 2 heterocycles. The van der Waals surface area contributed by atoms with Gasteiger partial charge in [-0.05, 0) is 25.1 Å². The van der Waals surface area contributed by atoms with Crippen molar-refractivity contribution in [1.82, 2.24) is 15.1 Å². The number of aryl methyl sites for hydroxylation is 2. The topological polar surface area (TPSA) is 110 Å². The lowest BCUT2D eigenvalue weighted by molar-refractivity contribution is -0.116. The van der Waals surface area contributed by atoms with Crippen LogP contribution in [0.15, 0.2) is 47.0 Å². The van der Waals surface area contributed by atoms with Gasteiger partial charge in [0.1, 0.15) is 0 Å². The first kappa shape index (κ1) is 19.7. The molecule has 4 aromatic rings. The summed E-state index contributed by atoms with van der Waals surface area (Å²) in [5.74, 6) is 0.584. The minimum atomic E-state index is -0.172. The number of rotatable bonds is 6. The third-order valence-corrected chi connectivity index (χ3v) is 5.25. The Balaban J connectivity index is 1.35. The molecule has 0 saturated heterocycles. The maximum Gasteiger partial charge on any atom is 0.227 e. The molecule has 9 heteroatoms. The predicted octanol–water partition coefficient (Wildman–Crippen LogP) is 4.18. The van der Waals surface area contributed by atoms with E-state index in [4.69, 9.17) is 4.52 Å². The summed E-state index contributed by atoms with van der Waals surface area (Å²) in [6, 6.07) is 13.3. The molecule has 2 aromatic heterocycles. The summed E-state index contributed by atoms with van der Waals surface area (Å²) >= 11 is 1.38. The molecule has 2 aromatic carbocycles. The highest BCUT2D eigenvalue weighted by atomic mass is 32.1. The van der Waals surface area contributed by atoms with E-state index in [1.165, 1.54) is 18.3 Å². The van der Waals surface area contributed by atoms with Gasteiger partial charge < -0.3 is 15.2 Å². The Kier molecular flexibility index (Phi) is 5.53. The highest BCUT2D eigenvalue weighted by Crippen LogP contribution is 2.28. The van der Waals surface area contributed by atoms with Crippen molar-refractivity contribution < 1.29 is 14.1 Å². The van der Waals surface area contributed by atoms with Crippen LogP contribution in [0.2, 0.25) is 0 Å². The summed E-state index contributed by atoms with van der Waals surface area (Å²) in [4.78, 5) is 32.2. The summed E-state index contributed by atoms with van der Waals surface area (Å²) in [5.41, 5.74) is 3.37. The van der Waals surface area contributed by atoms with E-state index < -0.39 is 0 Å². The first-order valence-electron chi connectivity index (χ1n) is 9.34. The molecule has 2 N–H and O–H groups in total. The molecule has 0 fully saturated rings. The smallest absolute Gasteiger partial charge is 0.227 e. The maximum atomic E-state index is 12.3. The van der Waals surface area contributed by atoms with Gasteiger partial charge in [-0.25, -0.2) is 4.98 Å². The molecule has 0 aliphatic rings. The summed E-state index contributed by atoms with van der Waals surface area (Å²) in [6.45, 7) is 3.45. The number of thiazole rings is 1. The molecule has 0 aliphatic heterocycles. The molecule has 0 spiro atoms. The average Bonchev–Trinajstić information content (AvgIpc) is 3.32. The van der Waals surface area contributed by atoms with E-state index in [0.717, 1.165) is 15.8 Å². The Labute approximate surface area is 176 Å². The number of nitrogens with zero attached hydrogens (tertiary/aromatic N) is 3. The van der Waals surface area contributed by atoms with Gasteiger partial charge in [0.15, 0.2) is 5.13 Å². The zero-order valence-corrected chi connectivity index (χ0v) is 17.2. The van der Waals surface area contributed by atoms with E-state index in [-0.39, 0.29) is 18.2 Å². The quantitative estimate of drug-likeness (QED) is 0.483. The van der Waals surface area contributed by atoms with Gasteiger partial charge in [0.05, 0.1) is 10.2 Å². The van der Waals surface area contributed by atoms with Gasteiger partial charge >= 0.3 is 0 Å². The molecule has 0 bridgehead atoms. The highest BCUT2D eigenvalue weighted by Gasteiger charge is 2.12. The van der Waals surface area contributed by atoms with Crippen molar-refractivity contribution in [3.05, 3.63) is 53.9 Å². The third-order valence-electron chi connectivity index (χ3n) is 4.30. The van der Waals surface area contributed by atoms with Gasteiger partial charge in [0, 0.05) is 31.0 Å². The number of hydrogen-bond donors (Lipinski definition) is 2. The molecule has 0 radical (unpaired) electrons. The average molecular weight is 421 g/mol. The van der Waals surface area contributed by atoms with Crippen molar-refractivity contribution in [3.8, 4) is 11.4 Å². The van der Waals surface area contributed by atoms with Crippen LogP contribution in [-0.4, -0.2) is 26.9 Å². The molecule has 152 valence electrons. The molecular weight excluding hydrogens is 402 g/mol. The normalized spacial score (nSPS) is 10.9. The molecule has 4 rings (SSSR count). The van der Waals surface area contributed by atoms with Crippen LogP contribution in [-0.2, 0) is 16.0 Å². The predicted molar refractivity (Wildman–Crippen MR) is 115 cm³/mol. The van der Waals surface area contributed by atoms with Crippen LogP contribution in [0.4, 0.5) is 10.8 Å². The molecule has 0 saturated carbocycles. The fourth-order valence-corrected chi connectivity index (χ4v) is 3.72. The van der Waals surface area contributed by atoms with Crippen LogP contribution in [0.3, 0.4) is 0 Å². The van der Waals surface area contributed by atoms with Gasteiger partial charge in [-0.1, -0.05) is 46.3 Å². The van der Waals surface area contributed by atoms with E-state index in [1.54, 1.807) is 12.1 Å². The molecule has 0 atom stereocenters. The second kappa shape index (κ2) is 8.42. The number of carbonyl (C=O) groups is 2. The van der Waals surface area contributed by atoms with Crippen LogP contribution >= 0.6 is 11.3 Å². The molecule has 0 aliphatic carbocycles. The fraction of sp³-hybridized carbons (Fsp3) is 0.190. The molecule has 30 heavy (non-hydrogen) atoms. The first-order valence-corrected chi connectivity index (χ1v) is 10.2. The lowest BCUT2D eigenvalue weighted by atomic mass is 10.1. The minimum Gasteiger partial charge on any atom is -0.339 e. The van der Waals surface area contributed by atoms with Crippen LogP contribution < -0.4 is 10.6 Å². The lowest BCUT2D eigenvalue weighted by Crippen LogP contribution is -2.12. The zero-order valence-electron chi connectivity index (χ0n) is 16.4. The van der Waals surface area contributed by atoms with Gasteiger partial charge in [-0.3, -0.25) is 9.59 Å². The van der Waals surface area contributed by atoms with Gasteiger partial charge in [-0.2, -0.15) is 4.98 Å². The van der Waals surface area contributed by atoms with Gasteiger partial charge in [0.2, 0.25) is 23.5 Å². The van der Waals surface area contributed by atoms with Crippen LogP contribution in [0.1, 0.15) is 24.8 Å². The Morgan fingerprint density at radius 3 is 2.63 bits per heavy atom. The fourth-order valence-electron chi connectivity index (χ4n) is 2.83. The number of hydrogen-bond acceptors (Lipinski definition) is 7. The molecule has 0 unspecified atom stereocenters. The van der Waals surface area contributed by atoms with E-state index >= 15 is 0 Å². The number of benzene rings is 2. The van der Waals surface area contributed by atoms with Crippen molar-refractivity contribution in [2.75, 3.05) is 10.6 Å². The minimum absolute atomic E-state index is 0.165. The van der Waals surface area contributed by atoms with E-state index in [0.29, 0.717) is 34.5 Å². The Bertz CT molecular complexity index is 1210. The van der Waals surface area contributed by atoms with Crippen LogP contribution in [0.25, 0.3) is 21.6 Å². The summed E-state index contributed by atoms with van der Waals surface area (Å²) in [5, 5.41) is 10.0. The number of carbonyl (C=O) groups excluding carboxylic acids is 2. The monoisotopic (exact) mass is 421 g/mol. The SMILES string of the molecule is CC(=O)Nc1nc2cc(NC(=O)CCc3nc(-c4ccc(C)cc4)no3)ccc2s1. The highest BCUT2D eigenvalue weighted by molar-refractivity contribution is 7.22. The molecular formula is C21H19N5O3S. The van der Waals surface area contributed by atoms with Crippen molar-refractivity contribution in [1.29, 1.82) is 0 Å². The second-order valence-electron chi connectivity index (χ2n) is 6.81. The number of anilines is 2. The van der Waals surface area contributed by atoms with Crippen molar-refractivity contribution >= 4 is 44.2 Å². The van der Waals surface area contributed by atoms with Crippen LogP contribution in [0, 0.1) is 6.92 Å². The van der Waals surface area contributed by atoms with Crippen molar-refractivity contribution in [2.24, 2.45) is 0 Å². The van der Waals surface area contributed by atoms with Gasteiger partial charge in [0.25, 0.3) is 0 Å². The number of aromatic nitrogens is 3. The zero-order chi connectivity index (χ0) is 21.1. The van der Waals surface area contributed by atoms with Crippen molar-refractivity contribution in [2.45, 2.75) is 26.7 Å². The van der Waals surface area contributed by atoms with Gasteiger partial charge in [-0.15, -0.1) is 0 Å². The molecule has 8 nitrogen and oxygen atoms in total. The second-order valence-corrected chi connectivity index (χ2v) is 7.84. The first-order chi connectivity index (χ1) is 14.5. The van der Waals surface area contributed by atoms with E-state index in [2.05, 4.69) is 25.8 Å². The Morgan fingerprint density at radius 1 is 1.07 bits per heavy atom. The molecule has 2 amide bonds. The lowest BCUT2D eigenvalue weighted by Gasteiger charge is -2.03. The number of nitrogens with one attached hydrogen (secondary N) is 2. The standard InChI is InChI=1S/C21H19N5O3S/c1-12-3-5-14(6-4-12)20-25-19(29-26-20)10-9-18(28)23-15-7-8-17-16(11-15)24-21(30-17)22-13(2)27/h3-8,11H,9-10H2,1-2H3,(H,23,28)(H,22,24,27). The van der Waals surface area contributed by atoms with E-state index in [9.17, 15) is 9.59 Å². The van der Waals surface area contributed by atoms with E-state index in [1.807, 2.05) is 37.3 Å². The third kappa shape index (κ3) is 4.69. The summed E-state index contributed by atoms with van der Waals surface area (Å²) < 4.78 is 6.18. The summed E-state index contributed by atoms with van der Waals surface area (Å²) in [6.07, 6.45) is 0.554. The number of fused-ring (bicyclic) bond motifs is 1. The maximum absolute atomic E-state index is 12.3. The Morgan fingerprint density at radius 2 is 1.87 bits per heavy atom. The Hall–Kier alpha value is -3.59. The van der Waals surface area contributed by atoms with Crippen molar-refractivity contribution in [3.63, 3.8) is 0 Å². The largest absolute Gasteiger partial charge is 0.339 e. The number of amides is 2. The van der Waals surface area contributed by atoms with Crippen LogP contribution in [0.5, 0.6) is 0 Å².